The van der Waals surface area contributed by atoms with Crippen LogP contribution in [0.1, 0.15) is 0 Å². The maximum atomic E-state index is 11.8. The number of hydrogen-bond donors (Lipinski definition) is 7. The van der Waals surface area contributed by atoms with E-state index in [-0.39, 0.29) is 0 Å². The number of carboxylic acid groups (broad SMARTS) is 1. The van der Waals surface area contributed by atoms with Gasteiger partial charge in [-0.2, -0.15) is 38.4 Å². The summed E-state index contributed by atoms with van der Waals surface area (Å²) in [7, 11) is -20.6. The number of aliphatic carboxylic acids is 1. The number of ether oxygens (including phenoxy) is 4. The van der Waals surface area contributed by atoms with Crippen LogP contribution in [0.2, 0.25) is 0 Å². The van der Waals surface area contributed by atoms with Crippen molar-refractivity contribution in [2.24, 2.45) is 0 Å². The van der Waals surface area contributed by atoms with Crippen LogP contribution in [0.25, 0.3) is 0 Å². The van der Waals surface area contributed by atoms with Gasteiger partial charge < -0.3 is 29.2 Å². The van der Waals surface area contributed by atoms with E-state index in [2.05, 4.69) is 12.5 Å². The zero-order chi connectivity index (χ0) is 30.8. The zero-order valence-corrected chi connectivity index (χ0v) is 22.5. The molecule has 27 heteroatoms. The Morgan fingerprint density at radius 3 is 1.95 bits per heavy atom. The second-order valence-corrected chi connectivity index (χ2v) is 11.9. The van der Waals surface area contributed by atoms with Crippen molar-refractivity contribution in [3.63, 3.8) is 0 Å². The molecule has 0 saturated carbocycles. The molecule has 0 aliphatic carbocycles. The summed E-state index contributed by atoms with van der Waals surface area (Å²) in [6, 6.07) is -2.34. The SMILES string of the molecule is CO[C@@H]1O[C@@H](C(=O)O)[C@@H](O[C@@H]2OC(COS(=O)(=O)O)=C[C@@H](OS(=O)(=O)O)[C@@H]2NS(=O)(=O)O)[C@H](O)[C@H]1OS(=O)(=O)O. The molecule has 0 unspecified atom stereocenters. The molecule has 0 radical (unpaired) electrons. The van der Waals surface area contributed by atoms with E-state index in [1.807, 2.05) is 0 Å². The van der Waals surface area contributed by atoms with Crippen LogP contribution >= 0.6 is 0 Å². The van der Waals surface area contributed by atoms with Crippen LogP contribution < -0.4 is 4.72 Å². The van der Waals surface area contributed by atoms with Crippen molar-refractivity contribution in [1.29, 1.82) is 0 Å². The van der Waals surface area contributed by atoms with Crippen molar-refractivity contribution in [1.82, 2.24) is 4.72 Å². The molecule has 2 aliphatic rings. The van der Waals surface area contributed by atoms with Gasteiger partial charge in [0.2, 0.25) is 6.29 Å². The Labute approximate surface area is 225 Å². The van der Waals surface area contributed by atoms with Gasteiger partial charge in [0.25, 0.3) is 0 Å². The fourth-order valence-corrected chi connectivity index (χ4v) is 5.11. The van der Waals surface area contributed by atoms with Gasteiger partial charge in [0.15, 0.2) is 18.5 Å². The Morgan fingerprint density at radius 1 is 0.925 bits per heavy atom. The van der Waals surface area contributed by atoms with E-state index < -0.39 is 109 Å². The van der Waals surface area contributed by atoms with Gasteiger partial charge in [-0.15, -0.1) is 0 Å². The van der Waals surface area contributed by atoms with Crippen molar-refractivity contribution in [2.75, 3.05) is 13.7 Å². The highest BCUT2D eigenvalue weighted by Gasteiger charge is 2.54. The number of aliphatic hydroxyl groups is 1. The molecule has 0 aromatic rings. The van der Waals surface area contributed by atoms with Gasteiger partial charge in [-0.05, 0) is 6.08 Å². The van der Waals surface area contributed by atoms with Gasteiger partial charge in [0, 0.05) is 7.11 Å². The third-order valence-corrected chi connectivity index (χ3v) is 6.57. The lowest BCUT2D eigenvalue weighted by Crippen LogP contribution is -2.65. The Kier molecular flexibility index (Phi) is 10.9. The van der Waals surface area contributed by atoms with E-state index in [0.717, 1.165) is 7.11 Å². The van der Waals surface area contributed by atoms with Crippen LogP contribution in [-0.2, 0) is 77.8 Å². The fraction of sp³-hybridized carbons (Fsp3) is 0.769. The van der Waals surface area contributed by atoms with Crippen molar-refractivity contribution >= 4 is 47.5 Å². The molecule has 2 heterocycles. The normalized spacial score (nSPS) is 32.2. The monoisotopic (exact) mass is 671 g/mol. The van der Waals surface area contributed by atoms with Crippen LogP contribution in [-0.4, -0.2) is 131 Å². The van der Waals surface area contributed by atoms with Crippen molar-refractivity contribution in [2.45, 2.75) is 49.1 Å². The van der Waals surface area contributed by atoms with Gasteiger partial charge in [-0.1, -0.05) is 0 Å². The predicted octanol–water partition coefficient (Wildman–Crippen LogP) is -4.61. The minimum absolute atomic E-state index is 0.454. The highest BCUT2D eigenvalue weighted by Crippen LogP contribution is 2.32. The Bertz CT molecular complexity index is 1390. The lowest BCUT2D eigenvalue weighted by Gasteiger charge is -2.44. The van der Waals surface area contributed by atoms with Gasteiger partial charge >= 0.3 is 47.5 Å². The Morgan fingerprint density at radius 2 is 1.50 bits per heavy atom. The molecule has 234 valence electrons. The second-order valence-electron chi connectivity index (χ2n) is 7.50. The summed E-state index contributed by atoms with van der Waals surface area (Å²) >= 11 is 0. The molecule has 23 nitrogen and oxygen atoms in total. The third kappa shape index (κ3) is 10.6. The van der Waals surface area contributed by atoms with Crippen LogP contribution in [0.15, 0.2) is 11.8 Å². The van der Waals surface area contributed by atoms with Gasteiger partial charge in [0.05, 0.1) is 0 Å². The van der Waals surface area contributed by atoms with Crippen molar-refractivity contribution < 1.29 is 98.4 Å². The zero-order valence-electron chi connectivity index (χ0n) is 19.3. The number of hydrogen-bond acceptors (Lipinski definition) is 17. The predicted molar refractivity (Wildman–Crippen MR) is 116 cm³/mol. The van der Waals surface area contributed by atoms with Crippen LogP contribution in [0.4, 0.5) is 0 Å². The number of methoxy groups -OCH3 is 1. The van der Waals surface area contributed by atoms with Crippen LogP contribution in [0, 0.1) is 0 Å². The number of carboxylic acids is 1. The summed E-state index contributed by atoms with van der Waals surface area (Å²) < 4.78 is 160. The van der Waals surface area contributed by atoms with Crippen molar-refractivity contribution in [3.05, 3.63) is 11.8 Å². The average molecular weight is 672 g/mol. The van der Waals surface area contributed by atoms with E-state index in [0.29, 0.717) is 6.08 Å². The van der Waals surface area contributed by atoms with Gasteiger partial charge in [-0.3, -0.25) is 18.2 Å². The van der Waals surface area contributed by atoms with E-state index in [9.17, 15) is 53.2 Å². The summed E-state index contributed by atoms with van der Waals surface area (Å²) in [4.78, 5) is 11.8. The second kappa shape index (κ2) is 12.7. The van der Waals surface area contributed by atoms with Crippen LogP contribution in [0.5, 0.6) is 0 Å². The fourth-order valence-electron chi connectivity index (χ4n) is 3.32. The lowest BCUT2D eigenvalue weighted by molar-refractivity contribution is -0.312. The Hall–Kier alpha value is -1.67. The van der Waals surface area contributed by atoms with E-state index in [1.54, 1.807) is 0 Å². The summed E-state index contributed by atoms with van der Waals surface area (Å²) in [6.45, 7) is -1.30. The first kappa shape index (κ1) is 34.5. The van der Waals surface area contributed by atoms with Crippen molar-refractivity contribution in [3.8, 4) is 0 Å². The first-order chi connectivity index (χ1) is 18.0. The molecular weight excluding hydrogens is 650 g/mol. The topological polar surface area (TPSA) is 352 Å². The summed E-state index contributed by atoms with van der Waals surface area (Å²) in [6.07, 6.45) is -15.8. The molecule has 2 rings (SSSR count). The van der Waals surface area contributed by atoms with E-state index in [4.69, 9.17) is 32.6 Å². The maximum Gasteiger partial charge on any atom is 0.397 e. The largest absolute Gasteiger partial charge is 0.479 e. The highest BCUT2D eigenvalue weighted by molar-refractivity contribution is 7.83. The number of rotatable bonds is 13. The third-order valence-electron chi connectivity index (χ3n) is 4.65. The van der Waals surface area contributed by atoms with Crippen LogP contribution in [0.3, 0.4) is 0 Å². The summed E-state index contributed by atoms with van der Waals surface area (Å²) in [5, 5.41) is 20.2. The molecule has 1 saturated heterocycles. The molecule has 0 spiro atoms. The summed E-state index contributed by atoms with van der Waals surface area (Å²) in [5.41, 5.74) is 0. The number of carbonyl (C=O) groups is 1. The molecule has 40 heavy (non-hydrogen) atoms. The Balaban J connectivity index is 2.58. The molecule has 7 N–H and O–H groups in total. The van der Waals surface area contributed by atoms with Gasteiger partial charge in [-0.25, -0.2) is 17.3 Å². The molecule has 0 aromatic carbocycles. The van der Waals surface area contributed by atoms with E-state index >= 15 is 0 Å². The number of aliphatic hydroxyl groups excluding tert-OH is 1. The number of nitrogens with one attached hydrogen (secondary N) is 1. The molecule has 0 aromatic heterocycles. The average Bonchev–Trinajstić information content (AvgIpc) is 2.73. The molecule has 0 amide bonds. The molecule has 2 aliphatic heterocycles. The highest BCUT2D eigenvalue weighted by atomic mass is 32.3. The van der Waals surface area contributed by atoms with E-state index in [1.165, 1.54) is 4.72 Å². The van der Waals surface area contributed by atoms with Gasteiger partial charge in [0.1, 0.15) is 36.7 Å². The minimum atomic E-state index is -5.49. The smallest absolute Gasteiger partial charge is 0.397 e. The molecule has 8 atom stereocenters. The molecule has 1 fully saturated rings. The maximum absolute atomic E-state index is 11.8. The first-order valence-corrected chi connectivity index (χ1v) is 15.3. The summed E-state index contributed by atoms with van der Waals surface area (Å²) in [5.74, 6) is -2.80. The minimum Gasteiger partial charge on any atom is -0.479 e. The first-order valence-electron chi connectivity index (χ1n) is 9.79. The lowest BCUT2D eigenvalue weighted by atomic mass is 9.98. The molecular formula is C13H21NO22S4. The molecule has 0 bridgehead atoms. The standard InChI is InChI=1S/C13H21NO22S4/c1-30-13-9(36-40(27,28)29)7(15)8(10(34-13)11(16)17)33-12-6(14-37(18,19)20)5(35-39(24,25)26)2-4(32-12)3-31-38(21,22)23/h2,5-10,12-15H,3H2,1H3,(H,16,17)(H,18,19,20)(H,21,22,23)(H,24,25,26)(H,27,28,29)/t5-,6+,7+,8+,9-,10-,12+,13-/m1/s1. The quantitative estimate of drug-likeness (QED) is 0.0905.